The van der Waals surface area contributed by atoms with Gasteiger partial charge >= 0.3 is 6.09 Å². The van der Waals surface area contributed by atoms with Gasteiger partial charge in [-0.1, -0.05) is 30.3 Å². The van der Waals surface area contributed by atoms with Crippen molar-refractivity contribution in [2.24, 2.45) is 11.8 Å². The number of amides is 1. The van der Waals surface area contributed by atoms with E-state index >= 15 is 0 Å². The van der Waals surface area contributed by atoms with E-state index in [1.54, 1.807) is 0 Å². The first-order valence-electron chi connectivity index (χ1n) is 5.65. The van der Waals surface area contributed by atoms with E-state index in [9.17, 15) is 10.1 Å². The van der Waals surface area contributed by atoms with Crippen LogP contribution >= 0.6 is 0 Å². The van der Waals surface area contributed by atoms with Gasteiger partial charge in [-0.2, -0.15) is 5.26 Å². The number of carbonyl (C=O) groups is 1. The van der Waals surface area contributed by atoms with Gasteiger partial charge in [0, 0.05) is 24.9 Å². The summed E-state index contributed by atoms with van der Waals surface area (Å²) in [6, 6.07) is 12.1. The fraction of sp³-hybridized carbons (Fsp3) is 0.385. The van der Waals surface area contributed by atoms with Crippen LogP contribution < -0.4 is 0 Å². The number of nitriles is 1. The lowest BCUT2D eigenvalue weighted by Crippen LogP contribution is -2.33. The Morgan fingerprint density at radius 3 is 2.41 bits per heavy atom. The minimum atomic E-state index is -0.878. The molecule has 0 unspecified atom stereocenters. The zero-order chi connectivity index (χ0) is 12.0. The van der Waals surface area contributed by atoms with Crippen LogP contribution in [0.2, 0.25) is 0 Å². The molecule has 3 atom stereocenters. The van der Waals surface area contributed by atoms with Gasteiger partial charge in [-0.3, -0.25) is 0 Å². The Hall–Kier alpha value is -2.02. The van der Waals surface area contributed by atoms with E-state index in [2.05, 4.69) is 6.07 Å². The highest BCUT2D eigenvalue weighted by Gasteiger charge is 2.70. The highest BCUT2D eigenvalue weighted by Crippen LogP contribution is 2.63. The molecule has 0 spiro atoms. The van der Waals surface area contributed by atoms with Crippen molar-refractivity contribution in [1.82, 2.24) is 4.90 Å². The van der Waals surface area contributed by atoms with Crippen molar-refractivity contribution >= 4 is 6.09 Å². The molecule has 1 amide bonds. The lowest BCUT2D eigenvalue weighted by molar-refractivity contribution is 0.148. The molecule has 1 aliphatic carbocycles. The fourth-order valence-electron chi connectivity index (χ4n) is 3.16. The molecule has 4 nitrogen and oxygen atoms in total. The first-order chi connectivity index (χ1) is 8.20. The zero-order valence-electron chi connectivity index (χ0n) is 9.21. The average Bonchev–Trinajstić information content (AvgIpc) is 2.73. The Labute approximate surface area is 99.1 Å². The second-order valence-corrected chi connectivity index (χ2v) is 4.75. The SMILES string of the molecule is N#C[C@@]1(c2ccccc2)[C@@H]2CN(C(=O)O)C[C@@H]21. The van der Waals surface area contributed by atoms with Crippen LogP contribution in [0, 0.1) is 23.2 Å². The van der Waals surface area contributed by atoms with Gasteiger partial charge in [-0.25, -0.2) is 4.79 Å². The van der Waals surface area contributed by atoms with Crippen LogP contribution in [0.4, 0.5) is 4.79 Å². The molecule has 1 N–H and O–H groups in total. The van der Waals surface area contributed by atoms with Crippen LogP contribution in [-0.2, 0) is 5.41 Å². The maximum absolute atomic E-state index is 10.8. The number of hydrogen-bond donors (Lipinski definition) is 1. The van der Waals surface area contributed by atoms with Crippen molar-refractivity contribution in [3.05, 3.63) is 35.9 Å². The van der Waals surface area contributed by atoms with Gasteiger partial charge < -0.3 is 10.0 Å². The molecular formula is C13H12N2O2. The second-order valence-electron chi connectivity index (χ2n) is 4.75. The van der Waals surface area contributed by atoms with Crippen LogP contribution in [0.3, 0.4) is 0 Å². The van der Waals surface area contributed by atoms with E-state index in [0.717, 1.165) is 5.56 Å². The Bertz CT molecular complexity index is 494. The van der Waals surface area contributed by atoms with E-state index in [-0.39, 0.29) is 11.8 Å². The second kappa shape index (κ2) is 3.24. The first kappa shape index (κ1) is 10.2. The van der Waals surface area contributed by atoms with E-state index in [1.807, 2.05) is 30.3 Å². The van der Waals surface area contributed by atoms with Crippen LogP contribution in [0.5, 0.6) is 0 Å². The molecule has 2 aliphatic rings. The lowest BCUT2D eigenvalue weighted by Gasteiger charge is -2.20. The fourth-order valence-corrected chi connectivity index (χ4v) is 3.16. The largest absolute Gasteiger partial charge is 0.465 e. The van der Waals surface area contributed by atoms with Crippen molar-refractivity contribution in [2.75, 3.05) is 13.1 Å². The number of piperidine rings is 1. The molecule has 1 aliphatic heterocycles. The minimum absolute atomic E-state index is 0.172. The average molecular weight is 228 g/mol. The number of benzene rings is 1. The molecule has 2 fully saturated rings. The van der Waals surface area contributed by atoms with Crippen molar-refractivity contribution in [3.8, 4) is 6.07 Å². The molecule has 3 rings (SSSR count). The number of fused-ring (bicyclic) bond motifs is 1. The predicted molar refractivity (Wildman–Crippen MR) is 60.3 cm³/mol. The molecular weight excluding hydrogens is 216 g/mol. The molecule has 1 heterocycles. The summed E-state index contributed by atoms with van der Waals surface area (Å²) in [6.45, 7) is 0.977. The molecule has 0 bridgehead atoms. The Kier molecular flexibility index (Phi) is 1.93. The van der Waals surface area contributed by atoms with Gasteiger partial charge in [-0.05, 0) is 5.56 Å². The maximum Gasteiger partial charge on any atom is 0.407 e. The van der Waals surface area contributed by atoms with E-state index in [4.69, 9.17) is 5.11 Å². The quantitative estimate of drug-likeness (QED) is 0.795. The molecule has 1 saturated carbocycles. The molecule has 1 saturated heterocycles. The molecule has 17 heavy (non-hydrogen) atoms. The van der Waals surface area contributed by atoms with Crippen LogP contribution in [0.15, 0.2) is 30.3 Å². The van der Waals surface area contributed by atoms with Gasteiger partial charge in [0.25, 0.3) is 0 Å². The third-order valence-corrected chi connectivity index (χ3v) is 4.09. The summed E-state index contributed by atoms with van der Waals surface area (Å²) in [5, 5.41) is 18.3. The highest BCUT2D eigenvalue weighted by molar-refractivity contribution is 5.67. The summed E-state index contributed by atoms with van der Waals surface area (Å²) in [7, 11) is 0. The Morgan fingerprint density at radius 2 is 1.94 bits per heavy atom. The van der Waals surface area contributed by atoms with Crippen molar-refractivity contribution in [3.63, 3.8) is 0 Å². The van der Waals surface area contributed by atoms with E-state index in [0.29, 0.717) is 13.1 Å². The van der Waals surface area contributed by atoms with Crippen molar-refractivity contribution in [2.45, 2.75) is 5.41 Å². The molecule has 1 aromatic carbocycles. The summed E-state index contributed by atoms with van der Waals surface area (Å²) in [5.74, 6) is 0.344. The maximum atomic E-state index is 10.8. The van der Waals surface area contributed by atoms with Gasteiger partial charge in [0.1, 0.15) is 0 Å². The monoisotopic (exact) mass is 228 g/mol. The van der Waals surface area contributed by atoms with Gasteiger partial charge in [0.05, 0.1) is 11.5 Å². The van der Waals surface area contributed by atoms with Crippen LogP contribution in [0.25, 0.3) is 0 Å². The van der Waals surface area contributed by atoms with E-state index < -0.39 is 11.5 Å². The van der Waals surface area contributed by atoms with Crippen molar-refractivity contribution in [1.29, 1.82) is 5.26 Å². The van der Waals surface area contributed by atoms with E-state index in [1.165, 1.54) is 4.90 Å². The third-order valence-electron chi connectivity index (χ3n) is 4.09. The topological polar surface area (TPSA) is 64.3 Å². The molecule has 0 aromatic heterocycles. The highest BCUT2D eigenvalue weighted by atomic mass is 16.4. The molecule has 0 radical (unpaired) electrons. The third kappa shape index (κ3) is 1.19. The van der Waals surface area contributed by atoms with Crippen molar-refractivity contribution < 1.29 is 9.90 Å². The summed E-state index contributed by atoms with van der Waals surface area (Å²) < 4.78 is 0. The normalized spacial score (nSPS) is 33.9. The van der Waals surface area contributed by atoms with Crippen LogP contribution in [-0.4, -0.2) is 29.2 Å². The summed E-state index contributed by atoms with van der Waals surface area (Å²) in [4.78, 5) is 12.3. The molecule has 1 aromatic rings. The smallest absolute Gasteiger partial charge is 0.407 e. The van der Waals surface area contributed by atoms with Crippen LogP contribution in [0.1, 0.15) is 5.56 Å². The first-order valence-corrected chi connectivity index (χ1v) is 5.65. The Morgan fingerprint density at radius 1 is 1.35 bits per heavy atom. The van der Waals surface area contributed by atoms with Gasteiger partial charge in [-0.15, -0.1) is 0 Å². The number of rotatable bonds is 1. The minimum Gasteiger partial charge on any atom is -0.465 e. The number of carboxylic acid groups (broad SMARTS) is 1. The summed E-state index contributed by atoms with van der Waals surface area (Å²) in [5.41, 5.74) is 0.593. The zero-order valence-corrected chi connectivity index (χ0v) is 9.21. The van der Waals surface area contributed by atoms with Gasteiger partial charge in [0.2, 0.25) is 0 Å². The number of likely N-dealkylation sites (tertiary alicyclic amines) is 1. The molecule has 4 heteroatoms. The lowest BCUT2D eigenvalue weighted by atomic mass is 9.92. The Balaban J connectivity index is 1.88. The standard InChI is InChI=1S/C13H12N2O2/c14-8-13(9-4-2-1-3-5-9)10-6-15(12(16)17)7-11(10)13/h1-5,10-11H,6-7H2,(H,16,17)/t10-,11+,13-. The number of hydrogen-bond acceptors (Lipinski definition) is 2. The molecule has 86 valence electrons. The van der Waals surface area contributed by atoms with Gasteiger partial charge in [0.15, 0.2) is 0 Å². The predicted octanol–water partition coefficient (Wildman–Crippen LogP) is 1.69. The summed E-state index contributed by atoms with van der Waals surface area (Å²) >= 11 is 0. The summed E-state index contributed by atoms with van der Waals surface area (Å²) in [6.07, 6.45) is -0.878. The number of nitrogens with zero attached hydrogens (tertiary/aromatic N) is 2.